The van der Waals surface area contributed by atoms with Crippen molar-refractivity contribution in [1.29, 1.82) is 0 Å². The first kappa shape index (κ1) is 22.5. The van der Waals surface area contributed by atoms with E-state index in [4.69, 9.17) is 4.74 Å². The van der Waals surface area contributed by atoms with Gasteiger partial charge in [-0.3, -0.25) is 34.1 Å². The number of fused-ring (bicyclic) bond motifs is 2. The van der Waals surface area contributed by atoms with Gasteiger partial charge in [-0.05, 0) is 42.8 Å². The van der Waals surface area contributed by atoms with Gasteiger partial charge < -0.3 is 10.1 Å². The number of piperidine rings is 1. The van der Waals surface area contributed by atoms with Crippen LogP contribution in [-0.2, 0) is 16.6 Å². The molecule has 2 N–H and O–H groups in total. The Hall–Kier alpha value is -4.99. The highest BCUT2D eigenvalue weighted by Crippen LogP contribution is 2.39. The standard InChI is InChI=1S/C27H21N5O5/c1-31-21-13-19(22(12-15(21)14-28-31)37-16-6-3-2-4-7-16)29-18-9-5-8-17-24(18)27(36)32(26(17)35)20-10-11-23(33)30-25(20)34/h2-9,12-14,20,29H,10-11H2,1H3,(H,30,33,34). The molecule has 6 rings (SSSR count). The summed E-state index contributed by atoms with van der Waals surface area (Å²) in [6.07, 6.45) is 1.88. The first-order chi connectivity index (χ1) is 17.9. The lowest BCUT2D eigenvalue weighted by atomic mass is 10.0. The van der Waals surface area contributed by atoms with Gasteiger partial charge in [-0.25, -0.2) is 0 Å². The summed E-state index contributed by atoms with van der Waals surface area (Å²) in [5.74, 6) is -1.10. The minimum absolute atomic E-state index is 0.0554. The SMILES string of the molecule is Cn1ncc2cc(Oc3ccccc3)c(Nc3cccc4c3C(=O)N(C3CCC(=O)NC3=O)C4=O)cc21. The molecule has 3 aromatic carbocycles. The fourth-order valence-electron chi connectivity index (χ4n) is 4.74. The fraction of sp³-hybridized carbons (Fsp3) is 0.148. The number of para-hydroxylation sites is 1. The van der Waals surface area contributed by atoms with Gasteiger partial charge in [0.1, 0.15) is 11.8 Å². The highest BCUT2D eigenvalue weighted by atomic mass is 16.5. The Morgan fingerprint density at radius 2 is 1.78 bits per heavy atom. The van der Waals surface area contributed by atoms with Crippen LogP contribution in [0.1, 0.15) is 33.6 Å². The van der Waals surface area contributed by atoms with Gasteiger partial charge >= 0.3 is 0 Å². The van der Waals surface area contributed by atoms with Crippen LogP contribution >= 0.6 is 0 Å². The summed E-state index contributed by atoms with van der Waals surface area (Å²) in [4.78, 5) is 51.7. The van der Waals surface area contributed by atoms with Crippen molar-refractivity contribution >= 4 is 45.9 Å². The first-order valence-electron chi connectivity index (χ1n) is 11.7. The number of benzene rings is 3. The average molecular weight is 495 g/mol. The summed E-state index contributed by atoms with van der Waals surface area (Å²) < 4.78 is 7.88. The maximum Gasteiger partial charge on any atom is 0.264 e. The molecule has 10 heteroatoms. The summed E-state index contributed by atoms with van der Waals surface area (Å²) >= 11 is 0. The zero-order valence-corrected chi connectivity index (χ0v) is 19.7. The van der Waals surface area contributed by atoms with Gasteiger partial charge in [0.15, 0.2) is 5.75 Å². The third-order valence-corrected chi connectivity index (χ3v) is 6.56. The zero-order chi connectivity index (χ0) is 25.7. The van der Waals surface area contributed by atoms with Crippen molar-refractivity contribution < 1.29 is 23.9 Å². The Morgan fingerprint density at radius 3 is 2.57 bits per heavy atom. The predicted molar refractivity (Wildman–Crippen MR) is 134 cm³/mol. The van der Waals surface area contributed by atoms with Gasteiger partial charge in [0.25, 0.3) is 11.8 Å². The van der Waals surface area contributed by atoms with E-state index >= 15 is 0 Å². The van der Waals surface area contributed by atoms with E-state index in [-0.39, 0.29) is 24.0 Å². The van der Waals surface area contributed by atoms with Crippen molar-refractivity contribution in [2.45, 2.75) is 18.9 Å². The molecule has 0 saturated carbocycles. The lowest BCUT2D eigenvalue weighted by Crippen LogP contribution is -2.54. The topological polar surface area (TPSA) is 123 Å². The minimum Gasteiger partial charge on any atom is -0.455 e. The molecule has 0 aliphatic carbocycles. The summed E-state index contributed by atoms with van der Waals surface area (Å²) in [6, 6.07) is 16.9. The first-order valence-corrected chi connectivity index (χ1v) is 11.7. The number of hydrogen-bond donors (Lipinski definition) is 2. The molecule has 1 saturated heterocycles. The molecule has 10 nitrogen and oxygen atoms in total. The quantitative estimate of drug-likeness (QED) is 0.406. The number of anilines is 2. The van der Waals surface area contributed by atoms with Crippen molar-refractivity contribution in [2.24, 2.45) is 7.05 Å². The monoisotopic (exact) mass is 495 g/mol. The van der Waals surface area contributed by atoms with E-state index in [0.717, 1.165) is 15.8 Å². The van der Waals surface area contributed by atoms with E-state index in [1.165, 1.54) is 0 Å². The highest BCUT2D eigenvalue weighted by Gasteiger charge is 2.45. The molecule has 1 atom stereocenters. The number of hydrogen-bond acceptors (Lipinski definition) is 7. The second kappa shape index (κ2) is 8.59. The molecule has 0 radical (unpaired) electrons. The number of imide groups is 2. The molecule has 4 aromatic rings. The Bertz CT molecular complexity index is 1610. The Kier molecular flexibility index (Phi) is 5.22. The molecular formula is C27H21N5O5. The van der Waals surface area contributed by atoms with Crippen LogP contribution in [-0.4, -0.2) is 44.4 Å². The van der Waals surface area contributed by atoms with Crippen LogP contribution in [0.25, 0.3) is 10.9 Å². The van der Waals surface area contributed by atoms with Crippen molar-refractivity contribution in [3.05, 3.63) is 78.0 Å². The smallest absolute Gasteiger partial charge is 0.264 e. The number of carbonyl (C=O) groups excluding carboxylic acids is 4. The van der Waals surface area contributed by atoms with Gasteiger partial charge in [0.2, 0.25) is 11.8 Å². The van der Waals surface area contributed by atoms with Crippen molar-refractivity contribution in [2.75, 3.05) is 5.32 Å². The molecule has 1 aromatic heterocycles. The highest BCUT2D eigenvalue weighted by molar-refractivity contribution is 6.25. The maximum absolute atomic E-state index is 13.5. The van der Waals surface area contributed by atoms with Crippen LogP contribution in [0.2, 0.25) is 0 Å². The molecule has 2 aliphatic heterocycles. The summed E-state index contributed by atoms with van der Waals surface area (Å²) in [6.45, 7) is 0. The zero-order valence-electron chi connectivity index (χ0n) is 19.7. The number of carbonyl (C=O) groups is 4. The largest absolute Gasteiger partial charge is 0.455 e. The second-order valence-corrected chi connectivity index (χ2v) is 8.89. The van der Waals surface area contributed by atoms with Crippen LogP contribution in [0.5, 0.6) is 11.5 Å². The number of rotatable bonds is 5. The number of nitrogens with zero attached hydrogens (tertiary/aromatic N) is 3. The molecule has 37 heavy (non-hydrogen) atoms. The van der Waals surface area contributed by atoms with Gasteiger partial charge in [-0.15, -0.1) is 0 Å². The minimum atomic E-state index is -1.04. The molecule has 2 aliphatic rings. The third kappa shape index (κ3) is 3.79. The third-order valence-electron chi connectivity index (χ3n) is 6.56. The van der Waals surface area contributed by atoms with Gasteiger partial charge in [0, 0.05) is 18.9 Å². The predicted octanol–water partition coefficient (Wildman–Crippen LogP) is 3.51. The van der Waals surface area contributed by atoms with Crippen molar-refractivity contribution in [3.8, 4) is 11.5 Å². The lowest BCUT2D eigenvalue weighted by molar-refractivity contribution is -0.136. The van der Waals surface area contributed by atoms with Crippen molar-refractivity contribution in [3.63, 3.8) is 0 Å². The average Bonchev–Trinajstić information content (AvgIpc) is 3.37. The van der Waals surface area contributed by atoms with Crippen LogP contribution in [0.4, 0.5) is 11.4 Å². The molecule has 0 spiro atoms. The number of aryl methyl sites for hydroxylation is 1. The van der Waals surface area contributed by atoms with Crippen LogP contribution in [0, 0.1) is 0 Å². The Balaban J connectivity index is 1.40. The van der Waals surface area contributed by atoms with Crippen molar-refractivity contribution in [1.82, 2.24) is 20.0 Å². The molecule has 184 valence electrons. The lowest BCUT2D eigenvalue weighted by Gasteiger charge is -2.27. The van der Waals surface area contributed by atoms with Gasteiger partial charge in [-0.2, -0.15) is 5.10 Å². The summed E-state index contributed by atoms with van der Waals surface area (Å²) in [5, 5.41) is 10.7. The van der Waals surface area contributed by atoms with Crippen LogP contribution in [0.15, 0.2) is 66.9 Å². The summed E-state index contributed by atoms with van der Waals surface area (Å²) in [7, 11) is 1.82. The normalized spacial score (nSPS) is 17.2. The van der Waals surface area contributed by atoms with E-state index in [1.54, 1.807) is 29.1 Å². The van der Waals surface area contributed by atoms with E-state index in [0.29, 0.717) is 22.9 Å². The van der Waals surface area contributed by atoms with E-state index < -0.39 is 29.7 Å². The molecular weight excluding hydrogens is 474 g/mol. The molecule has 1 unspecified atom stereocenters. The Morgan fingerprint density at radius 1 is 0.973 bits per heavy atom. The molecule has 3 heterocycles. The van der Waals surface area contributed by atoms with Gasteiger partial charge in [-0.1, -0.05) is 24.3 Å². The van der Waals surface area contributed by atoms with Crippen LogP contribution < -0.4 is 15.4 Å². The number of amides is 4. The summed E-state index contributed by atoms with van der Waals surface area (Å²) in [5.41, 5.74) is 2.14. The maximum atomic E-state index is 13.5. The fourth-order valence-corrected chi connectivity index (χ4v) is 4.74. The van der Waals surface area contributed by atoms with Gasteiger partial charge in [0.05, 0.1) is 34.2 Å². The van der Waals surface area contributed by atoms with E-state index in [2.05, 4.69) is 15.7 Å². The number of nitrogens with one attached hydrogen (secondary N) is 2. The molecule has 0 bridgehead atoms. The molecule has 1 fully saturated rings. The molecule has 4 amide bonds. The van der Waals surface area contributed by atoms with E-state index in [1.807, 2.05) is 49.5 Å². The van der Waals surface area contributed by atoms with E-state index in [9.17, 15) is 19.2 Å². The number of aromatic nitrogens is 2. The van der Waals surface area contributed by atoms with Crippen LogP contribution in [0.3, 0.4) is 0 Å². The number of ether oxygens (including phenoxy) is 1. The Labute approximate surface area is 210 Å². The second-order valence-electron chi connectivity index (χ2n) is 8.89.